The van der Waals surface area contributed by atoms with Gasteiger partial charge < -0.3 is 0 Å². The van der Waals surface area contributed by atoms with Gasteiger partial charge in [-0.15, -0.1) is 0 Å². The van der Waals surface area contributed by atoms with Crippen molar-refractivity contribution in [2.75, 3.05) is 0 Å². The van der Waals surface area contributed by atoms with Crippen molar-refractivity contribution in [1.82, 2.24) is 4.98 Å². The van der Waals surface area contributed by atoms with Gasteiger partial charge in [0.05, 0.1) is 0 Å². The van der Waals surface area contributed by atoms with E-state index in [0.29, 0.717) is 0 Å². The van der Waals surface area contributed by atoms with Crippen LogP contribution in [0.1, 0.15) is 12.5 Å². The fourth-order valence-electron chi connectivity index (χ4n) is 0.854. The van der Waals surface area contributed by atoms with E-state index in [9.17, 15) is 0 Å². The van der Waals surface area contributed by atoms with Gasteiger partial charge in [-0.1, -0.05) is 36.5 Å². The zero-order chi connectivity index (χ0) is 9.52. The van der Waals surface area contributed by atoms with Gasteiger partial charge in [0.15, 0.2) is 0 Å². The van der Waals surface area contributed by atoms with E-state index in [1.165, 1.54) is 0 Å². The number of rotatable bonds is 3. The lowest BCUT2D eigenvalue weighted by atomic mass is 10.2. The van der Waals surface area contributed by atoms with Gasteiger partial charge in [-0.05, 0) is 24.6 Å². The van der Waals surface area contributed by atoms with Crippen molar-refractivity contribution in [3.63, 3.8) is 0 Å². The molecule has 1 heterocycles. The fraction of sp³-hybridized carbons (Fsp3) is 0.0833. The summed E-state index contributed by atoms with van der Waals surface area (Å²) in [6, 6.07) is 3.93. The molecular formula is C12H13N. The summed E-state index contributed by atoms with van der Waals surface area (Å²) in [7, 11) is 0. The molecule has 0 aliphatic rings. The highest BCUT2D eigenvalue weighted by molar-refractivity contribution is 5.50. The molecule has 0 saturated heterocycles. The van der Waals surface area contributed by atoms with Crippen molar-refractivity contribution >= 4 is 6.08 Å². The lowest BCUT2D eigenvalue weighted by Gasteiger charge is -1.89. The second kappa shape index (κ2) is 5.09. The number of nitrogens with zero attached hydrogens (tertiary/aromatic N) is 1. The van der Waals surface area contributed by atoms with Crippen molar-refractivity contribution < 1.29 is 0 Å². The van der Waals surface area contributed by atoms with Gasteiger partial charge >= 0.3 is 0 Å². The minimum absolute atomic E-state index is 1.16. The van der Waals surface area contributed by atoms with Crippen molar-refractivity contribution in [2.24, 2.45) is 0 Å². The molecule has 0 N–H and O–H groups in total. The van der Waals surface area contributed by atoms with Gasteiger partial charge in [-0.3, -0.25) is 4.98 Å². The monoisotopic (exact) mass is 171 g/mol. The summed E-state index contributed by atoms with van der Waals surface area (Å²) in [6.45, 7) is 5.69. The van der Waals surface area contributed by atoms with E-state index in [0.717, 1.165) is 11.1 Å². The molecule has 1 heteroatoms. The summed E-state index contributed by atoms with van der Waals surface area (Å²) >= 11 is 0. The highest BCUT2D eigenvalue weighted by Gasteiger charge is 1.81. The standard InChI is InChI=1S/C12H13N/c1-3-11(2)5-4-6-12-7-9-13-10-8-12/h3-10H,1H2,2H3/b6-4+,11-5-. The SMILES string of the molecule is C=C/C(C)=C\C=C\c1ccncc1. The summed E-state index contributed by atoms with van der Waals surface area (Å²) in [5.41, 5.74) is 2.31. The maximum absolute atomic E-state index is 3.94. The largest absolute Gasteiger partial charge is 0.265 e. The molecule has 1 nitrogen and oxygen atoms in total. The van der Waals surface area contributed by atoms with Crippen LogP contribution in [-0.4, -0.2) is 4.98 Å². The maximum atomic E-state index is 3.94. The Hall–Kier alpha value is -1.63. The predicted molar refractivity (Wildman–Crippen MR) is 57.2 cm³/mol. The first kappa shape index (κ1) is 9.46. The molecule has 1 rings (SSSR count). The Morgan fingerprint density at radius 1 is 1.38 bits per heavy atom. The van der Waals surface area contributed by atoms with Gasteiger partial charge in [-0.2, -0.15) is 0 Å². The summed E-state index contributed by atoms with van der Waals surface area (Å²) in [5, 5.41) is 0. The zero-order valence-corrected chi connectivity index (χ0v) is 7.77. The number of allylic oxidation sites excluding steroid dienone is 4. The van der Waals surface area contributed by atoms with Crippen molar-refractivity contribution in [1.29, 1.82) is 0 Å². The van der Waals surface area contributed by atoms with Crippen molar-refractivity contribution in [3.8, 4) is 0 Å². The topological polar surface area (TPSA) is 12.9 Å². The van der Waals surface area contributed by atoms with Crippen molar-refractivity contribution in [2.45, 2.75) is 6.92 Å². The first-order valence-electron chi connectivity index (χ1n) is 4.20. The van der Waals surface area contributed by atoms with E-state index in [1.54, 1.807) is 12.4 Å². The molecule has 66 valence electrons. The summed E-state index contributed by atoms with van der Waals surface area (Å²) in [5.74, 6) is 0. The van der Waals surface area contributed by atoms with Crippen LogP contribution in [0.2, 0.25) is 0 Å². The van der Waals surface area contributed by atoms with Crippen molar-refractivity contribution in [3.05, 3.63) is 60.5 Å². The molecular weight excluding hydrogens is 158 g/mol. The minimum Gasteiger partial charge on any atom is -0.265 e. The summed E-state index contributed by atoms with van der Waals surface area (Å²) < 4.78 is 0. The number of aromatic nitrogens is 1. The molecule has 0 saturated carbocycles. The molecule has 0 aliphatic heterocycles. The molecule has 1 aromatic heterocycles. The Morgan fingerprint density at radius 2 is 2.08 bits per heavy atom. The Labute approximate surface area is 79.1 Å². The van der Waals surface area contributed by atoms with Crippen LogP contribution in [0.15, 0.2) is 54.9 Å². The molecule has 0 aliphatic carbocycles. The second-order valence-corrected chi connectivity index (χ2v) is 2.75. The molecule has 0 atom stereocenters. The van der Waals surface area contributed by atoms with Gasteiger partial charge in [0, 0.05) is 12.4 Å². The van der Waals surface area contributed by atoms with Crippen LogP contribution in [0.5, 0.6) is 0 Å². The first-order valence-corrected chi connectivity index (χ1v) is 4.20. The Balaban J connectivity index is 2.65. The number of hydrogen-bond acceptors (Lipinski definition) is 1. The minimum atomic E-state index is 1.16. The van der Waals surface area contributed by atoms with E-state index in [4.69, 9.17) is 0 Å². The van der Waals surface area contributed by atoms with Crippen LogP contribution in [0.3, 0.4) is 0 Å². The Bertz CT molecular complexity index is 320. The van der Waals surface area contributed by atoms with E-state index in [1.807, 2.05) is 43.4 Å². The lowest BCUT2D eigenvalue weighted by molar-refractivity contribution is 1.32. The molecule has 0 radical (unpaired) electrons. The van der Waals surface area contributed by atoms with E-state index < -0.39 is 0 Å². The third-order valence-corrected chi connectivity index (χ3v) is 1.68. The van der Waals surface area contributed by atoms with Gasteiger partial charge in [0.1, 0.15) is 0 Å². The molecule has 0 spiro atoms. The van der Waals surface area contributed by atoms with Crippen LogP contribution >= 0.6 is 0 Å². The van der Waals surface area contributed by atoms with E-state index in [2.05, 4.69) is 11.6 Å². The molecule has 0 fully saturated rings. The van der Waals surface area contributed by atoms with E-state index >= 15 is 0 Å². The third-order valence-electron chi connectivity index (χ3n) is 1.68. The third kappa shape index (κ3) is 3.52. The average Bonchev–Trinajstić information content (AvgIpc) is 2.19. The number of pyridine rings is 1. The van der Waals surface area contributed by atoms with Gasteiger partial charge in [0.25, 0.3) is 0 Å². The van der Waals surface area contributed by atoms with Crippen LogP contribution in [0, 0.1) is 0 Å². The summed E-state index contributed by atoms with van der Waals surface area (Å²) in [6.07, 6.45) is 11.5. The molecule has 0 unspecified atom stereocenters. The Morgan fingerprint density at radius 3 is 2.69 bits per heavy atom. The highest BCUT2D eigenvalue weighted by atomic mass is 14.6. The summed E-state index contributed by atoms with van der Waals surface area (Å²) in [4.78, 5) is 3.94. The van der Waals surface area contributed by atoms with Gasteiger partial charge in [-0.25, -0.2) is 0 Å². The molecule has 0 aromatic carbocycles. The second-order valence-electron chi connectivity index (χ2n) is 2.75. The predicted octanol–water partition coefficient (Wildman–Crippen LogP) is 3.23. The van der Waals surface area contributed by atoms with E-state index in [-0.39, 0.29) is 0 Å². The highest BCUT2D eigenvalue weighted by Crippen LogP contribution is 2.00. The van der Waals surface area contributed by atoms with Crippen LogP contribution in [0.25, 0.3) is 6.08 Å². The molecule has 0 amide bonds. The maximum Gasteiger partial charge on any atom is 0.0273 e. The normalized spacial score (nSPS) is 11.9. The fourth-order valence-corrected chi connectivity index (χ4v) is 0.854. The number of hydrogen-bond donors (Lipinski definition) is 0. The first-order chi connectivity index (χ1) is 6.33. The van der Waals surface area contributed by atoms with Crippen LogP contribution < -0.4 is 0 Å². The Kier molecular flexibility index (Phi) is 3.71. The quantitative estimate of drug-likeness (QED) is 0.636. The van der Waals surface area contributed by atoms with Crippen LogP contribution in [0.4, 0.5) is 0 Å². The average molecular weight is 171 g/mol. The lowest BCUT2D eigenvalue weighted by Crippen LogP contribution is -1.71. The smallest absolute Gasteiger partial charge is 0.0273 e. The molecule has 1 aromatic rings. The zero-order valence-electron chi connectivity index (χ0n) is 7.77. The molecule has 13 heavy (non-hydrogen) atoms. The van der Waals surface area contributed by atoms with Gasteiger partial charge in [0.2, 0.25) is 0 Å². The van der Waals surface area contributed by atoms with Crippen LogP contribution in [-0.2, 0) is 0 Å². The molecule has 0 bridgehead atoms.